The van der Waals surface area contributed by atoms with Gasteiger partial charge in [0.1, 0.15) is 15.8 Å². The summed E-state index contributed by atoms with van der Waals surface area (Å²) in [5.74, 6) is 0.857. The fourth-order valence-electron chi connectivity index (χ4n) is 1.58. The van der Waals surface area contributed by atoms with Crippen LogP contribution in [0.4, 0.5) is 0 Å². The van der Waals surface area contributed by atoms with E-state index in [0.29, 0.717) is 0 Å². The van der Waals surface area contributed by atoms with Gasteiger partial charge < -0.3 is 10.1 Å². The summed E-state index contributed by atoms with van der Waals surface area (Å²) in [5.41, 5.74) is 1.09. The van der Waals surface area contributed by atoms with Crippen molar-refractivity contribution in [1.82, 2.24) is 15.5 Å². The van der Waals surface area contributed by atoms with Gasteiger partial charge in [0.05, 0.1) is 7.11 Å². The van der Waals surface area contributed by atoms with Crippen molar-refractivity contribution in [2.24, 2.45) is 0 Å². The third-order valence-electron chi connectivity index (χ3n) is 2.57. The van der Waals surface area contributed by atoms with E-state index in [4.69, 9.17) is 4.74 Å². The zero-order valence-corrected chi connectivity index (χ0v) is 11.5. The third kappa shape index (κ3) is 3.27. The molecule has 0 aliphatic heterocycles. The Morgan fingerprint density at radius 1 is 1.22 bits per heavy atom. The van der Waals surface area contributed by atoms with Crippen LogP contribution >= 0.6 is 11.3 Å². The van der Waals surface area contributed by atoms with E-state index < -0.39 is 0 Å². The van der Waals surface area contributed by atoms with Gasteiger partial charge in [0, 0.05) is 18.5 Å². The number of likely N-dealkylation sites (N-methyl/N-ethyl adjacent to an activating group) is 1. The van der Waals surface area contributed by atoms with Gasteiger partial charge in [0.25, 0.3) is 0 Å². The first-order chi connectivity index (χ1) is 8.83. The highest BCUT2D eigenvalue weighted by atomic mass is 32.1. The Morgan fingerprint density at radius 2 is 2.00 bits per heavy atom. The van der Waals surface area contributed by atoms with Gasteiger partial charge >= 0.3 is 0 Å². The van der Waals surface area contributed by atoms with Crippen LogP contribution in [-0.2, 0) is 6.42 Å². The minimum Gasteiger partial charge on any atom is -0.497 e. The summed E-state index contributed by atoms with van der Waals surface area (Å²) in [6, 6.07) is 7.89. The van der Waals surface area contributed by atoms with Crippen LogP contribution in [0.1, 0.15) is 11.9 Å². The number of nitrogens with one attached hydrogen (secondary N) is 1. The highest BCUT2D eigenvalue weighted by Crippen LogP contribution is 2.25. The number of hydrogen-bond acceptors (Lipinski definition) is 5. The first-order valence-electron chi connectivity index (χ1n) is 6.01. The molecule has 0 saturated heterocycles. The Balaban J connectivity index is 2.04. The normalized spacial score (nSPS) is 10.6. The van der Waals surface area contributed by atoms with Crippen LogP contribution in [0.15, 0.2) is 24.3 Å². The van der Waals surface area contributed by atoms with Gasteiger partial charge in [-0.1, -0.05) is 18.3 Å². The zero-order valence-electron chi connectivity index (χ0n) is 10.6. The molecule has 0 aliphatic carbocycles. The lowest BCUT2D eigenvalue weighted by Crippen LogP contribution is -2.15. The van der Waals surface area contributed by atoms with Gasteiger partial charge in [-0.2, -0.15) is 0 Å². The molecule has 2 rings (SSSR count). The number of hydrogen-bond donors (Lipinski definition) is 1. The van der Waals surface area contributed by atoms with Crippen LogP contribution in [0.2, 0.25) is 0 Å². The van der Waals surface area contributed by atoms with Crippen molar-refractivity contribution in [2.75, 3.05) is 20.2 Å². The molecule has 4 nitrogen and oxygen atoms in total. The van der Waals surface area contributed by atoms with E-state index in [-0.39, 0.29) is 0 Å². The van der Waals surface area contributed by atoms with E-state index in [0.717, 1.165) is 40.8 Å². The molecule has 0 saturated carbocycles. The largest absolute Gasteiger partial charge is 0.497 e. The van der Waals surface area contributed by atoms with Crippen molar-refractivity contribution in [3.05, 3.63) is 29.3 Å². The number of rotatable bonds is 6. The average molecular weight is 263 g/mol. The third-order valence-corrected chi connectivity index (χ3v) is 3.60. The van der Waals surface area contributed by atoms with Gasteiger partial charge in [0.2, 0.25) is 0 Å². The summed E-state index contributed by atoms with van der Waals surface area (Å²) in [6.07, 6.45) is 0.932. The van der Waals surface area contributed by atoms with Crippen LogP contribution in [0.5, 0.6) is 5.75 Å². The molecule has 5 heteroatoms. The minimum atomic E-state index is 0.857. The molecular weight excluding hydrogens is 246 g/mol. The Morgan fingerprint density at radius 3 is 2.67 bits per heavy atom. The van der Waals surface area contributed by atoms with Crippen molar-refractivity contribution in [3.8, 4) is 16.3 Å². The van der Waals surface area contributed by atoms with Crippen molar-refractivity contribution in [1.29, 1.82) is 0 Å². The number of aromatic nitrogens is 2. The molecule has 96 valence electrons. The lowest BCUT2D eigenvalue weighted by Gasteiger charge is -1.99. The topological polar surface area (TPSA) is 47.0 Å². The number of benzene rings is 1. The van der Waals surface area contributed by atoms with Gasteiger partial charge in [0.15, 0.2) is 0 Å². The molecule has 1 aromatic heterocycles. The summed E-state index contributed by atoms with van der Waals surface area (Å²) in [4.78, 5) is 0. The molecule has 0 radical (unpaired) electrons. The van der Waals surface area contributed by atoms with Crippen molar-refractivity contribution < 1.29 is 4.74 Å². The summed E-state index contributed by atoms with van der Waals surface area (Å²) >= 11 is 1.65. The van der Waals surface area contributed by atoms with Crippen LogP contribution in [0.25, 0.3) is 10.6 Å². The van der Waals surface area contributed by atoms with Crippen molar-refractivity contribution >= 4 is 11.3 Å². The van der Waals surface area contributed by atoms with E-state index >= 15 is 0 Å². The second-order valence-electron chi connectivity index (χ2n) is 3.83. The summed E-state index contributed by atoms with van der Waals surface area (Å²) in [7, 11) is 1.67. The second kappa shape index (κ2) is 6.47. The van der Waals surface area contributed by atoms with Crippen molar-refractivity contribution in [3.63, 3.8) is 0 Å². The maximum atomic E-state index is 5.13. The number of methoxy groups -OCH3 is 1. The summed E-state index contributed by atoms with van der Waals surface area (Å²) < 4.78 is 5.13. The molecule has 18 heavy (non-hydrogen) atoms. The SMILES string of the molecule is CCNCCc1nnc(-c2ccc(OC)cc2)s1. The first kappa shape index (κ1) is 13.0. The van der Waals surface area contributed by atoms with Gasteiger partial charge in [-0.25, -0.2) is 0 Å². The molecule has 0 atom stereocenters. The Bertz CT molecular complexity index is 481. The molecule has 0 spiro atoms. The van der Waals surface area contributed by atoms with Crippen LogP contribution < -0.4 is 10.1 Å². The van der Waals surface area contributed by atoms with E-state index in [1.165, 1.54) is 0 Å². The molecule has 0 amide bonds. The smallest absolute Gasteiger partial charge is 0.147 e. The van der Waals surface area contributed by atoms with Crippen LogP contribution in [0.3, 0.4) is 0 Å². The monoisotopic (exact) mass is 263 g/mol. The zero-order chi connectivity index (χ0) is 12.8. The molecule has 0 unspecified atom stereocenters. The van der Waals surface area contributed by atoms with Crippen LogP contribution in [0, 0.1) is 0 Å². The van der Waals surface area contributed by atoms with Gasteiger partial charge in [-0.15, -0.1) is 10.2 Å². The van der Waals surface area contributed by atoms with Crippen LogP contribution in [-0.4, -0.2) is 30.4 Å². The lowest BCUT2D eigenvalue weighted by molar-refractivity contribution is 0.415. The summed E-state index contributed by atoms with van der Waals surface area (Å²) in [5, 5.41) is 13.7. The minimum absolute atomic E-state index is 0.857. The predicted octanol–water partition coefficient (Wildman–Crippen LogP) is 2.37. The first-order valence-corrected chi connectivity index (χ1v) is 6.82. The fraction of sp³-hybridized carbons (Fsp3) is 0.385. The predicted molar refractivity (Wildman–Crippen MR) is 74.1 cm³/mol. The Hall–Kier alpha value is -1.46. The molecule has 2 aromatic rings. The molecule has 0 fully saturated rings. The second-order valence-corrected chi connectivity index (χ2v) is 4.90. The molecule has 1 heterocycles. The molecule has 1 N–H and O–H groups in total. The van der Waals surface area contributed by atoms with E-state index in [2.05, 4.69) is 22.4 Å². The fourth-order valence-corrected chi connectivity index (χ4v) is 2.42. The summed E-state index contributed by atoms with van der Waals surface area (Å²) in [6.45, 7) is 4.04. The van der Waals surface area contributed by atoms with Gasteiger partial charge in [-0.05, 0) is 30.8 Å². The molecule has 0 aliphatic rings. The van der Waals surface area contributed by atoms with Crippen molar-refractivity contribution in [2.45, 2.75) is 13.3 Å². The quantitative estimate of drug-likeness (QED) is 0.813. The standard InChI is InChI=1S/C13H17N3OS/c1-3-14-9-8-12-15-16-13(18-12)10-4-6-11(17-2)7-5-10/h4-7,14H,3,8-9H2,1-2H3. The maximum absolute atomic E-state index is 5.13. The molecule has 1 aromatic carbocycles. The Kier molecular flexibility index (Phi) is 4.66. The Labute approximate surface area is 111 Å². The highest BCUT2D eigenvalue weighted by molar-refractivity contribution is 7.14. The number of nitrogens with zero attached hydrogens (tertiary/aromatic N) is 2. The average Bonchev–Trinajstić information content (AvgIpc) is 2.88. The lowest BCUT2D eigenvalue weighted by atomic mass is 10.2. The van der Waals surface area contributed by atoms with Gasteiger partial charge in [-0.3, -0.25) is 0 Å². The maximum Gasteiger partial charge on any atom is 0.147 e. The molecular formula is C13H17N3OS. The van der Waals surface area contributed by atoms with E-state index in [1.807, 2.05) is 24.3 Å². The van der Waals surface area contributed by atoms with E-state index in [1.54, 1.807) is 18.4 Å². The highest BCUT2D eigenvalue weighted by Gasteiger charge is 2.06. The number of ether oxygens (including phenoxy) is 1. The molecule has 0 bridgehead atoms. The van der Waals surface area contributed by atoms with E-state index in [9.17, 15) is 0 Å².